The Morgan fingerprint density at radius 2 is 1.97 bits per heavy atom. The van der Waals surface area contributed by atoms with Crippen LogP contribution in [0.4, 0.5) is 5.69 Å². The van der Waals surface area contributed by atoms with Crippen LogP contribution in [0.3, 0.4) is 0 Å². The number of nitrogens with zero attached hydrogens (tertiary/aromatic N) is 3. The van der Waals surface area contributed by atoms with Gasteiger partial charge in [0.25, 0.3) is 10.0 Å². The van der Waals surface area contributed by atoms with Crippen molar-refractivity contribution in [1.29, 1.82) is 0 Å². The molecule has 1 atom stereocenters. The summed E-state index contributed by atoms with van der Waals surface area (Å²) in [5, 5.41) is 9.81. The number of amidine groups is 1. The van der Waals surface area contributed by atoms with Gasteiger partial charge < -0.3 is 20.8 Å². The molecular formula is C21H20BrN4O4S4-. The van der Waals surface area contributed by atoms with Crippen LogP contribution in [0.1, 0.15) is 4.88 Å². The SMILES string of the molecule is CSc1sc(C(=[N-])N)cc1S(=O)(=NS(=O)(=O)c1ccc2c(c1)OCCN2C)c1cccc(Br)c1. The van der Waals surface area contributed by atoms with Crippen molar-refractivity contribution >= 4 is 70.3 Å². The molecule has 1 unspecified atom stereocenters. The average molecular weight is 601 g/mol. The van der Waals surface area contributed by atoms with Crippen LogP contribution in [0.15, 0.2) is 75.7 Å². The number of fused-ring (bicyclic) bond motifs is 1. The third kappa shape index (κ3) is 4.71. The standard InChI is InChI=1S/C21H20BrN4O4S4/c1-26-8-9-30-17-11-15(6-7-16(17)26)34(28,29)25-33(27,14-5-3-4-13(22)10-14)19-12-18(20(23)24)32-21(19)31-2/h3-7,10-12H,8-9H2,1-2H3,(H2-,23,24)/q-1. The van der Waals surface area contributed by atoms with Gasteiger partial charge in [-0.15, -0.1) is 23.1 Å². The zero-order valence-electron chi connectivity index (χ0n) is 18.1. The van der Waals surface area contributed by atoms with Gasteiger partial charge in [0, 0.05) is 22.5 Å². The van der Waals surface area contributed by atoms with Crippen LogP contribution in [0.5, 0.6) is 5.75 Å². The second-order valence-electron chi connectivity index (χ2n) is 7.28. The largest absolute Gasteiger partial charge is 0.494 e. The van der Waals surface area contributed by atoms with E-state index in [1.54, 1.807) is 36.6 Å². The van der Waals surface area contributed by atoms with Gasteiger partial charge in [0.05, 0.1) is 31.1 Å². The lowest BCUT2D eigenvalue weighted by molar-refractivity contribution is 0.310. The van der Waals surface area contributed by atoms with Gasteiger partial charge in [0.15, 0.2) is 0 Å². The van der Waals surface area contributed by atoms with E-state index < -0.39 is 25.6 Å². The quantitative estimate of drug-likeness (QED) is 0.249. The molecule has 1 aromatic heterocycles. The predicted molar refractivity (Wildman–Crippen MR) is 141 cm³/mol. The summed E-state index contributed by atoms with van der Waals surface area (Å²) in [7, 11) is -6.19. The van der Waals surface area contributed by atoms with Crippen LogP contribution in [-0.2, 0) is 19.8 Å². The van der Waals surface area contributed by atoms with Gasteiger partial charge in [-0.2, -0.15) is 8.42 Å². The van der Waals surface area contributed by atoms with Crippen molar-refractivity contribution in [3.05, 3.63) is 63.3 Å². The van der Waals surface area contributed by atoms with E-state index in [0.717, 1.165) is 17.0 Å². The van der Waals surface area contributed by atoms with Gasteiger partial charge in [0.1, 0.15) is 22.1 Å². The molecule has 0 fully saturated rings. The molecule has 1 aliphatic heterocycles. The molecule has 13 heteroatoms. The molecule has 0 saturated carbocycles. The molecule has 0 bridgehead atoms. The smallest absolute Gasteiger partial charge is 0.290 e. The molecule has 1 aliphatic rings. The lowest BCUT2D eigenvalue weighted by atomic mass is 10.2. The number of sulfonamides is 1. The Balaban J connectivity index is 1.98. The molecule has 2 heterocycles. The van der Waals surface area contributed by atoms with Crippen LogP contribution >= 0.6 is 39.0 Å². The van der Waals surface area contributed by atoms with E-state index in [9.17, 15) is 18.0 Å². The van der Waals surface area contributed by atoms with E-state index in [1.807, 2.05) is 11.9 Å². The number of hydrogen-bond donors (Lipinski definition) is 1. The molecule has 2 N–H and O–H groups in total. The van der Waals surface area contributed by atoms with Gasteiger partial charge in [-0.1, -0.05) is 31.6 Å². The Morgan fingerprint density at radius 1 is 1.21 bits per heavy atom. The van der Waals surface area contributed by atoms with Crippen LogP contribution in [0.2, 0.25) is 0 Å². The van der Waals surface area contributed by atoms with Crippen LogP contribution in [-0.4, -0.2) is 44.9 Å². The highest BCUT2D eigenvalue weighted by Gasteiger charge is 2.28. The monoisotopic (exact) mass is 599 g/mol. The number of ether oxygens (including phenoxy) is 1. The molecule has 0 amide bonds. The molecule has 4 rings (SSSR count). The maximum atomic E-state index is 14.5. The summed E-state index contributed by atoms with van der Waals surface area (Å²) in [4.78, 5) is 2.49. The number of likely N-dealkylation sites (N-methyl/N-ethyl adjacent to an activating group) is 1. The van der Waals surface area contributed by atoms with Gasteiger partial charge in [-0.05, 0) is 42.7 Å². The number of nitrogens with two attached hydrogens (primary N) is 1. The summed E-state index contributed by atoms with van der Waals surface area (Å²) in [5.41, 5.74) is 6.32. The third-order valence-corrected chi connectivity index (χ3v) is 12.4. The van der Waals surface area contributed by atoms with E-state index in [-0.39, 0.29) is 19.6 Å². The zero-order chi connectivity index (χ0) is 24.7. The number of hydrogen-bond acceptors (Lipinski definition) is 7. The van der Waals surface area contributed by atoms with Crippen molar-refractivity contribution in [2.24, 2.45) is 9.50 Å². The molecule has 0 aliphatic carbocycles. The first kappa shape index (κ1) is 25.0. The first-order valence-corrected chi connectivity index (χ1v) is 15.6. The summed E-state index contributed by atoms with van der Waals surface area (Å²) < 4.78 is 52.3. The minimum absolute atomic E-state index is 0.126. The highest BCUT2D eigenvalue weighted by Crippen LogP contribution is 2.40. The van der Waals surface area contributed by atoms with Crippen molar-refractivity contribution in [1.82, 2.24) is 0 Å². The van der Waals surface area contributed by atoms with Crippen molar-refractivity contribution in [2.75, 3.05) is 31.4 Å². The number of benzene rings is 2. The summed E-state index contributed by atoms with van der Waals surface area (Å²) in [6.07, 6.45) is 1.76. The number of rotatable bonds is 6. The van der Waals surface area contributed by atoms with E-state index in [2.05, 4.69) is 19.7 Å². The number of halogens is 1. The Morgan fingerprint density at radius 3 is 2.65 bits per heavy atom. The Bertz CT molecular complexity index is 1510. The fourth-order valence-corrected chi connectivity index (χ4v) is 10.4. The van der Waals surface area contributed by atoms with Crippen molar-refractivity contribution in [3.63, 3.8) is 0 Å². The van der Waals surface area contributed by atoms with E-state index in [4.69, 9.17) is 10.5 Å². The van der Waals surface area contributed by atoms with E-state index >= 15 is 0 Å². The Labute approximate surface area is 215 Å². The average Bonchev–Trinajstić information content (AvgIpc) is 3.24. The normalized spacial score (nSPS) is 15.2. The fourth-order valence-electron chi connectivity index (χ4n) is 3.35. The summed E-state index contributed by atoms with van der Waals surface area (Å²) >= 11 is 5.74. The molecule has 8 nitrogen and oxygen atoms in total. The summed E-state index contributed by atoms with van der Waals surface area (Å²) in [6.45, 7) is 1.11. The molecular weight excluding hydrogens is 580 g/mol. The second-order valence-corrected chi connectivity index (χ2v) is 14.3. The van der Waals surface area contributed by atoms with Gasteiger partial charge in [0.2, 0.25) is 0 Å². The minimum Gasteiger partial charge on any atom is -0.494 e. The van der Waals surface area contributed by atoms with Gasteiger partial charge in [-0.3, -0.25) is 0 Å². The summed E-state index contributed by atoms with van der Waals surface area (Å²) in [6, 6.07) is 12.4. The zero-order valence-corrected chi connectivity index (χ0v) is 22.9. The number of thioether (sulfide) groups is 1. The molecule has 3 aromatic rings. The molecule has 0 saturated heterocycles. The van der Waals surface area contributed by atoms with Crippen LogP contribution in [0.25, 0.3) is 5.41 Å². The highest BCUT2D eigenvalue weighted by atomic mass is 79.9. The molecule has 180 valence electrons. The Kier molecular flexibility index (Phi) is 7.02. The second kappa shape index (κ2) is 9.53. The lowest BCUT2D eigenvalue weighted by Crippen LogP contribution is -2.28. The topological polar surface area (TPSA) is 124 Å². The minimum atomic E-state index is -4.38. The first-order valence-electron chi connectivity index (χ1n) is 9.82. The maximum Gasteiger partial charge on any atom is 0.290 e. The molecule has 34 heavy (non-hydrogen) atoms. The number of anilines is 1. The first-order chi connectivity index (χ1) is 16.0. The summed E-state index contributed by atoms with van der Waals surface area (Å²) in [5.74, 6) is -0.0226. The van der Waals surface area contributed by atoms with Gasteiger partial charge >= 0.3 is 0 Å². The predicted octanol–water partition coefficient (Wildman–Crippen LogP) is 4.61. The van der Waals surface area contributed by atoms with E-state index in [0.29, 0.717) is 27.6 Å². The van der Waals surface area contributed by atoms with E-state index in [1.165, 1.54) is 30.0 Å². The van der Waals surface area contributed by atoms with Crippen molar-refractivity contribution in [2.45, 2.75) is 18.9 Å². The van der Waals surface area contributed by atoms with Crippen LogP contribution < -0.4 is 15.4 Å². The van der Waals surface area contributed by atoms with Crippen molar-refractivity contribution in [3.8, 4) is 5.75 Å². The molecule has 0 spiro atoms. The molecule has 0 radical (unpaired) electrons. The van der Waals surface area contributed by atoms with Crippen molar-refractivity contribution < 1.29 is 17.4 Å². The third-order valence-electron chi connectivity index (χ3n) is 5.05. The van der Waals surface area contributed by atoms with Gasteiger partial charge in [-0.25, -0.2) is 4.21 Å². The molecule has 2 aromatic carbocycles. The van der Waals surface area contributed by atoms with Crippen LogP contribution in [0, 0.1) is 0 Å². The fraction of sp³-hybridized carbons (Fsp3) is 0.190. The maximum absolute atomic E-state index is 14.5. The Hall–Kier alpha value is -2.06. The lowest BCUT2D eigenvalue weighted by Gasteiger charge is -2.27. The highest BCUT2D eigenvalue weighted by molar-refractivity contribution is 9.10. The number of thiophene rings is 1.